The Kier molecular flexibility index (Phi) is 7.43. The molecule has 29 heavy (non-hydrogen) atoms. The van der Waals surface area contributed by atoms with Crippen molar-refractivity contribution in [1.82, 2.24) is 20.5 Å². The number of nitrogens with one attached hydrogen (secondary N) is 2. The topological polar surface area (TPSA) is 53.6 Å². The Morgan fingerprint density at radius 1 is 1.14 bits per heavy atom. The lowest BCUT2D eigenvalue weighted by molar-refractivity contribution is 0.336. The molecule has 0 radical (unpaired) electrons. The highest BCUT2D eigenvalue weighted by atomic mass is 15.2. The summed E-state index contributed by atoms with van der Waals surface area (Å²) in [5.41, 5.74) is 6.01. The maximum absolute atomic E-state index is 3.99. The molecule has 0 amide bonds. The van der Waals surface area contributed by atoms with Crippen LogP contribution in [-0.2, 0) is 0 Å². The molecule has 1 saturated heterocycles. The highest BCUT2D eigenvalue weighted by Crippen LogP contribution is 2.44. The fourth-order valence-electron chi connectivity index (χ4n) is 4.52. The molecule has 0 unspecified atom stereocenters. The second-order valence-electron chi connectivity index (χ2n) is 9.07. The molecule has 1 aromatic heterocycles. The Bertz CT molecular complexity index is 813. The van der Waals surface area contributed by atoms with E-state index in [4.69, 9.17) is 0 Å². The lowest BCUT2D eigenvalue weighted by Gasteiger charge is -2.38. The quantitative estimate of drug-likeness (QED) is 0.604. The van der Waals surface area contributed by atoms with Crippen LogP contribution in [0.4, 0.5) is 0 Å². The second-order valence-corrected chi connectivity index (χ2v) is 9.07. The van der Waals surface area contributed by atoms with Crippen LogP contribution in [0.15, 0.2) is 59.0 Å². The zero-order valence-corrected chi connectivity index (χ0v) is 18.5. The van der Waals surface area contributed by atoms with E-state index < -0.39 is 0 Å². The number of piperidine rings is 1. The van der Waals surface area contributed by atoms with E-state index in [9.17, 15) is 0 Å². The number of nitrogens with zero attached hydrogens (tertiary/aromatic N) is 2. The van der Waals surface area contributed by atoms with E-state index >= 15 is 0 Å². The van der Waals surface area contributed by atoms with Crippen LogP contribution in [0.1, 0.15) is 65.6 Å². The van der Waals surface area contributed by atoms with Crippen LogP contribution in [-0.4, -0.2) is 28.3 Å². The SMILES string of the molecule is CC(/C=C/C1=C(C2CCNCC2)CCCC1(C)C)=C\C=C\C(C)=C\c1nnc[nH]1. The first kappa shape index (κ1) is 21.5. The molecule has 156 valence electrons. The lowest BCUT2D eigenvalue weighted by atomic mass is 9.68. The number of allylic oxidation sites excluding steroid dienone is 9. The van der Waals surface area contributed by atoms with Crippen molar-refractivity contribution in [3.05, 3.63) is 64.8 Å². The standard InChI is InChI=1S/C25H36N4/c1-19(7-5-8-20(2)17-24-27-18-28-29-24)10-11-23-22(9-6-14-25(23,3)4)21-12-15-26-16-13-21/h5,7-8,10-11,17-18,21,26H,6,9,12-16H2,1-4H3,(H,27,28,29)/b8-5+,11-10+,19-7+,20-17+. The molecule has 0 atom stereocenters. The summed E-state index contributed by atoms with van der Waals surface area (Å²) in [6.45, 7) is 11.4. The normalized spacial score (nSPS) is 22.2. The van der Waals surface area contributed by atoms with Gasteiger partial charge in [-0.1, -0.05) is 55.4 Å². The zero-order valence-electron chi connectivity index (χ0n) is 18.5. The highest BCUT2D eigenvalue weighted by molar-refractivity contribution is 5.48. The first-order chi connectivity index (χ1) is 14.0. The van der Waals surface area contributed by atoms with Crippen LogP contribution in [0.25, 0.3) is 6.08 Å². The van der Waals surface area contributed by atoms with Gasteiger partial charge in [0.05, 0.1) is 0 Å². The third-order valence-corrected chi connectivity index (χ3v) is 6.19. The van der Waals surface area contributed by atoms with Gasteiger partial charge >= 0.3 is 0 Å². The van der Waals surface area contributed by atoms with E-state index in [0.29, 0.717) is 0 Å². The Morgan fingerprint density at radius 3 is 2.66 bits per heavy atom. The summed E-state index contributed by atoms with van der Waals surface area (Å²) in [4.78, 5) is 2.99. The molecule has 0 saturated carbocycles. The molecule has 2 heterocycles. The van der Waals surface area contributed by atoms with Crippen molar-refractivity contribution in [2.75, 3.05) is 13.1 Å². The van der Waals surface area contributed by atoms with E-state index in [1.807, 2.05) is 6.08 Å². The Hall–Kier alpha value is -2.20. The van der Waals surface area contributed by atoms with Crippen LogP contribution >= 0.6 is 0 Å². The number of H-pyrrole nitrogens is 1. The van der Waals surface area contributed by atoms with Crippen LogP contribution in [0, 0.1) is 11.3 Å². The summed E-state index contributed by atoms with van der Waals surface area (Å²) in [7, 11) is 0. The molecule has 4 heteroatoms. The minimum Gasteiger partial charge on any atom is -0.328 e. The predicted molar refractivity (Wildman–Crippen MR) is 122 cm³/mol. The van der Waals surface area contributed by atoms with Gasteiger partial charge in [0.2, 0.25) is 0 Å². The number of hydrogen-bond donors (Lipinski definition) is 2. The van der Waals surface area contributed by atoms with E-state index in [-0.39, 0.29) is 5.41 Å². The lowest BCUT2D eigenvalue weighted by Crippen LogP contribution is -2.31. The smallest absolute Gasteiger partial charge is 0.154 e. The minimum atomic E-state index is 0.279. The molecule has 0 spiro atoms. The summed E-state index contributed by atoms with van der Waals surface area (Å²) in [5, 5.41) is 11.3. The van der Waals surface area contributed by atoms with E-state index in [2.05, 4.69) is 78.6 Å². The first-order valence-corrected chi connectivity index (χ1v) is 11.0. The minimum absolute atomic E-state index is 0.279. The summed E-state index contributed by atoms with van der Waals surface area (Å²) >= 11 is 0. The Balaban J connectivity index is 1.73. The largest absolute Gasteiger partial charge is 0.328 e. The average molecular weight is 393 g/mol. The molecule has 1 fully saturated rings. The molecular weight excluding hydrogens is 356 g/mol. The van der Waals surface area contributed by atoms with Gasteiger partial charge in [0.25, 0.3) is 0 Å². The van der Waals surface area contributed by atoms with E-state index in [1.54, 1.807) is 17.5 Å². The van der Waals surface area contributed by atoms with Crippen LogP contribution in [0.5, 0.6) is 0 Å². The molecule has 1 aromatic rings. The summed E-state index contributed by atoms with van der Waals surface area (Å²) < 4.78 is 0. The van der Waals surface area contributed by atoms with Gasteiger partial charge in [-0.05, 0) is 87.6 Å². The van der Waals surface area contributed by atoms with Gasteiger partial charge in [-0.25, -0.2) is 0 Å². The molecule has 1 aliphatic carbocycles. The molecule has 3 rings (SSSR count). The third-order valence-electron chi connectivity index (χ3n) is 6.19. The molecular formula is C25H36N4. The van der Waals surface area contributed by atoms with Crippen LogP contribution in [0.2, 0.25) is 0 Å². The van der Waals surface area contributed by atoms with Crippen molar-refractivity contribution in [1.29, 1.82) is 0 Å². The van der Waals surface area contributed by atoms with Crippen molar-refractivity contribution in [3.8, 4) is 0 Å². The second kappa shape index (κ2) is 10.0. The molecule has 4 nitrogen and oxygen atoms in total. The molecule has 2 N–H and O–H groups in total. The molecule has 1 aliphatic heterocycles. The number of rotatable bonds is 6. The van der Waals surface area contributed by atoms with Gasteiger partial charge in [0, 0.05) is 0 Å². The fraction of sp³-hybridized carbons (Fsp3) is 0.520. The predicted octanol–water partition coefficient (Wildman–Crippen LogP) is 5.77. The monoisotopic (exact) mass is 392 g/mol. The molecule has 0 bridgehead atoms. The van der Waals surface area contributed by atoms with Gasteiger partial charge in [0.1, 0.15) is 6.33 Å². The zero-order chi connectivity index (χ0) is 20.7. The summed E-state index contributed by atoms with van der Waals surface area (Å²) in [6, 6.07) is 0. The summed E-state index contributed by atoms with van der Waals surface area (Å²) in [5.74, 6) is 1.55. The number of hydrogen-bond acceptors (Lipinski definition) is 3. The number of aromatic nitrogens is 3. The van der Waals surface area contributed by atoms with Crippen molar-refractivity contribution in [2.24, 2.45) is 11.3 Å². The Morgan fingerprint density at radius 2 is 1.93 bits per heavy atom. The van der Waals surface area contributed by atoms with Crippen molar-refractivity contribution >= 4 is 6.08 Å². The first-order valence-electron chi connectivity index (χ1n) is 11.0. The van der Waals surface area contributed by atoms with Gasteiger partial charge in [-0.15, -0.1) is 10.2 Å². The maximum atomic E-state index is 3.99. The fourth-order valence-corrected chi connectivity index (χ4v) is 4.52. The van der Waals surface area contributed by atoms with Crippen molar-refractivity contribution < 1.29 is 0 Å². The van der Waals surface area contributed by atoms with Gasteiger partial charge in [-0.2, -0.15) is 0 Å². The summed E-state index contributed by atoms with van der Waals surface area (Å²) in [6.07, 6.45) is 21.1. The van der Waals surface area contributed by atoms with Crippen LogP contribution in [0.3, 0.4) is 0 Å². The third kappa shape index (κ3) is 6.14. The van der Waals surface area contributed by atoms with Gasteiger partial charge in [-0.3, -0.25) is 0 Å². The molecule has 0 aromatic carbocycles. The highest BCUT2D eigenvalue weighted by Gasteiger charge is 2.31. The molecule has 2 aliphatic rings. The Labute approximate surface area is 176 Å². The van der Waals surface area contributed by atoms with E-state index in [1.165, 1.54) is 37.7 Å². The maximum Gasteiger partial charge on any atom is 0.154 e. The van der Waals surface area contributed by atoms with E-state index in [0.717, 1.165) is 30.4 Å². The van der Waals surface area contributed by atoms with Crippen molar-refractivity contribution in [3.63, 3.8) is 0 Å². The van der Waals surface area contributed by atoms with Crippen molar-refractivity contribution in [2.45, 2.75) is 59.8 Å². The van der Waals surface area contributed by atoms with Gasteiger partial charge in [0.15, 0.2) is 5.82 Å². The number of aromatic amines is 1. The van der Waals surface area contributed by atoms with Crippen LogP contribution < -0.4 is 5.32 Å². The van der Waals surface area contributed by atoms with Gasteiger partial charge < -0.3 is 10.3 Å². The average Bonchev–Trinajstić information content (AvgIpc) is 3.20.